The Kier molecular flexibility index (Phi) is 4.60. The summed E-state index contributed by atoms with van der Waals surface area (Å²) in [6, 6.07) is 6.32. The van der Waals surface area contributed by atoms with Crippen LogP contribution in [0.3, 0.4) is 0 Å². The summed E-state index contributed by atoms with van der Waals surface area (Å²) in [5.74, 6) is -3.70. The number of carbonyl (C=O) groups excluding carboxylic acids is 1. The number of hydrogen-bond donors (Lipinski definition) is 2. The predicted octanol–water partition coefficient (Wildman–Crippen LogP) is 1.78. The Hall–Kier alpha value is -3.01. The summed E-state index contributed by atoms with van der Waals surface area (Å²) in [5, 5.41) is 15.4. The fourth-order valence-electron chi connectivity index (χ4n) is 2.23. The van der Waals surface area contributed by atoms with Gasteiger partial charge in [-0.05, 0) is 11.1 Å². The molecule has 1 aromatic carbocycles. The number of nitrogens with one attached hydrogen (secondary N) is 1. The number of rotatable bonds is 4. The molecule has 0 fully saturated rings. The van der Waals surface area contributed by atoms with Crippen LogP contribution in [0.5, 0.6) is 0 Å². The van der Waals surface area contributed by atoms with E-state index in [0.29, 0.717) is 5.56 Å². The van der Waals surface area contributed by atoms with E-state index in [4.69, 9.17) is 0 Å². The van der Waals surface area contributed by atoms with Crippen molar-refractivity contribution in [1.29, 1.82) is 0 Å². The van der Waals surface area contributed by atoms with Gasteiger partial charge in [0.1, 0.15) is 5.69 Å². The number of halogens is 3. The maximum Gasteiger partial charge on any atom is 0.458 e. The molecular formula is C16H13F3N4O3. The van der Waals surface area contributed by atoms with Crippen LogP contribution in [-0.4, -0.2) is 38.7 Å². The van der Waals surface area contributed by atoms with Gasteiger partial charge in [0, 0.05) is 18.9 Å². The van der Waals surface area contributed by atoms with E-state index in [2.05, 4.69) is 25.3 Å². The van der Waals surface area contributed by atoms with E-state index < -0.39 is 24.3 Å². The summed E-state index contributed by atoms with van der Waals surface area (Å²) in [7, 11) is 0. The third kappa shape index (κ3) is 3.64. The van der Waals surface area contributed by atoms with E-state index in [9.17, 15) is 23.1 Å². The Labute approximate surface area is 145 Å². The zero-order chi connectivity index (χ0) is 18.8. The third-order valence-electron chi connectivity index (χ3n) is 3.69. The minimum atomic E-state index is -4.94. The minimum absolute atomic E-state index is 0.0139. The number of alkyl halides is 3. The highest BCUT2D eigenvalue weighted by molar-refractivity contribution is 6.01. The molecule has 0 aliphatic carbocycles. The molecule has 0 saturated carbocycles. The molecule has 2 aromatic rings. The monoisotopic (exact) mass is 366 g/mol. The Balaban J connectivity index is 1.60. The maximum atomic E-state index is 12.7. The number of amides is 1. The lowest BCUT2D eigenvalue weighted by molar-refractivity contribution is -0.355. The molecule has 1 aliphatic rings. The highest BCUT2D eigenvalue weighted by Crippen LogP contribution is 2.38. The topological polar surface area (TPSA) is 96.7 Å². The average molecular weight is 366 g/mol. The summed E-state index contributed by atoms with van der Waals surface area (Å²) in [6.07, 6.45) is -1.55. The van der Waals surface area contributed by atoms with Gasteiger partial charge in [-0.3, -0.25) is 9.78 Å². The lowest BCUT2D eigenvalue weighted by Crippen LogP contribution is -2.45. The first-order chi connectivity index (χ1) is 12.3. The van der Waals surface area contributed by atoms with Crippen LogP contribution in [0.1, 0.15) is 28.0 Å². The van der Waals surface area contributed by atoms with Crippen molar-refractivity contribution >= 4 is 11.6 Å². The molecule has 1 atom stereocenters. The maximum absolute atomic E-state index is 12.7. The number of oxime groups is 1. The van der Waals surface area contributed by atoms with E-state index in [0.717, 1.165) is 5.56 Å². The van der Waals surface area contributed by atoms with E-state index in [1.54, 1.807) is 12.1 Å². The van der Waals surface area contributed by atoms with Crippen molar-refractivity contribution in [3.8, 4) is 0 Å². The SMILES string of the molecule is O=C(NCc1ccc(C2=NOC(O)(C(F)(F)F)C2)cc1)c1cnccn1. The van der Waals surface area contributed by atoms with Gasteiger partial charge in [-0.25, -0.2) is 4.98 Å². The number of benzene rings is 1. The van der Waals surface area contributed by atoms with E-state index in [-0.39, 0.29) is 18.0 Å². The molecule has 1 aliphatic heterocycles. The summed E-state index contributed by atoms with van der Waals surface area (Å²) < 4.78 is 38.1. The minimum Gasteiger partial charge on any atom is -0.350 e. The lowest BCUT2D eigenvalue weighted by atomic mass is 10.0. The van der Waals surface area contributed by atoms with Gasteiger partial charge in [0.2, 0.25) is 0 Å². The van der Waals surface area contributed by atoms with Gasteiger partial charge < -0.3 is 15.3 Å². The first-order valence-corrected chi connectivity index (χ1v) is 7.46. The van der Waals surface area contributed by atoms with Gasteiger partial charge in [0.25, 0.3) is 5.91 Å². The van der Waals surface area contributed by atoms with Crippen molar-refractivity contribution in [3.63, 3.8) is 0 Å². The fourth-order valence-corrected chi connectivity index (χ4v) is 2.23. The summed E-state index contributed by atoms with van der Waals surface area (Å²) in [4.78, 5) is 23.7. The molecule has 26 heavy (non-hydrogen) atoms. The highest BCUT2D eigenvalue weighted by atomic mass is 19.4. The van der Waals surface area contributed by atoms with Gasteiger partial charge in [0.05, 0.1) is 18.3 Å². The molecule has 7 nitrogen and oxygen atoms in total. The molecule has 0 saturated heterocycles. The van der Waals surface area contributed by atoms with Crippen LogP contribution in [0.15, 0.2) is 48.0 Å². The Morgan fingerprint density at radius 3 is 2.58 bits per heavy atom. The fraction of sp³-hybridized carbons (Fsp3) is 0.250. The number of nitrogens with zero attached hydrogens (tertiary/aromatic N) is 3. The predicted molar refractivity (Wildman–Crippen MR) is 82.9 cm³/mol. The molecular weight excluding hydrogens is 353 g/mol. The molecule has 2 N–H and O–H groups in total. The molecule has 0 bridgehead atoms. The lowest BCUT2D eigenvalue weighted by Gasteiger charge is -2.22. The van der Waals surface area contributed by atoms with E-state index in [1.807, 2.05) is 0 Å². The molecule has 3 rings (SSSR count). The highest BCUT2D eigenvalue weighted by Gasteiger charge is 2.60. The molecule has 10 heteroatoms. The zero-order valence-corrected chi connectivity index (χ0v) is 13.2. The first-order valence-electron chi connectivity index (χ1n) is 7.46. The van der Waals surface area contributed by atoms with Gasteiger partial charge in [0.15, 0.2) is 0 Å². The van der Waals surface area contributed by atoms with Crippen LogP contribution in [0.2, 0.25) is 0 Å². The standard InChI is InChI=1S/C16H13F3N4O3/c17-16(18,19)15(25)7-12(23-26-15)11-3-1-10(2-4-11)8-22-14(24)13-9-20-5-6-21-13/h1-6,9,25H,7-8H2,(H,22,24). The molecule has 1 unspecified atom stereocenters. The summed E-state index contributed by atoms with van der Waals surface area (Å²) in [5.41, 5.74) is 1.26. The largest absolute Gasteiger partial charge is 0.458 e. The van der Waals surface area contributed by atoms with Gasteiger partial charge >= 0.3 is 12.0 Å². The van der Waals surface area contributed by atoms with E-state index >= 15 is 0 Å². The van der Waals surface area contributed by atoms with Gasteiger partial charge in [-0.1, -0.05) is 29.4 Å². The van der Waals surface area contributed by atoms with Crippen LogP contribution in [0, 0.1) is 0 Å². The smallest absolute Gasteiger partial charge is 0.350 e. The Bertz CT molecular complexity index is 825. The normalized spacial score (nSPS) is 19.6. The van der Waals surface area contributed by atoms with Crippen molar-refractivity contribution in [2.75, 3.05) is 0 Å². The molecule has 0 radical (unpaired) electrons. The summed E-state index contributed by atoms with van der Waals surface area (Å²) in [6.45, 7) is 0.200. The zero-order valence-electron chi connectivity index (χ0n) is 13.2. The second kappa shape index (κ2) is 6.71. The van der Waals surface area contributed by atoms with Crippen LogP contribution >= 0.6 is 0 Å². The van der Waals surface area contributed by atoms with Crippen LogP contribution in [0.25, 0.3) is 0 Å². The van der Waals surface area contributed by atoms with Crippen molar-refractivity contribution in [3.05, 3.63) is 59.7 Å². The second-order valence-corrected chi connectivity index (χ2v) is 5.56. The van der Waals surface area contributed by atoms with Crippen LogP contribution < -0.4 is 5.32 Å². The number of carbonyl (C=O) groups is 1. The van der Waals surface area contributed by atoms with Crippen molar-refractivity contribution in [2.24, 2.45) is 5.16 Å². The average Bonchev–Trinajstić information content (AvgIpc) is 3.04. The first kappa shape index (κ1) is 17.8. The van der Waals surface area contributed by atoms with Crippen LogP contribution in [0.4, 0.5) is 13.2 Å². The quantitative estimate of drug-likeness (QED) is 0.860. The van der Waals surface area contributed by atoms with Gasteiger partial charge in [-0.2, -0.15) is 13.2 Å². The molecule has 136 valence electrons. The van der Waals surface area contributed by atoms with E-state index in [1.165, 1.54) is 30.7 Å². The Morgan fingerprint density at radius 1 is 1.27 bits per heavy atom. The van der Waals surface area contributed by atoms with Crippen molar-refractivity contribution in [1.82, 2.24) is 15.3 Å². The summed E-state index contributed by atoms with van der Waals surface area (Å²) >= 11 is 0. The number of hydrogen-bond acceptors (Lipinski definition) is 6. The van der Waals surface area contributed by atoms with Crippen molar-refractivity contribution < 1.29 is 27.9 Å². The number of aromatic nitrogens is 2. The number of aliphatic hydroxyl groups is 1. The molecule has 1 amide bonds. The molecule has 1 aromatic heterocycles. The molecule has 2 heterocycles. The van der Waals surface area contributed by atoms with Crippen LogP contribution in [-0.2, 0) is 11.4 Å². The molecule has 0 spiro atoms. The van der Waals surface area contributed by atoms with Crippen molar-refractivity contribution in [2.45, 2.75) is 24.9 Å². The Morgan fingerprint density at radius 2 is 2.00 bits per heavy atom. The third-order valence-corrected chi connectivity index (χ3v) is 3.69. The van der Waals surface area contributed by atoms with Gasteiger partial charge in [-0.15, -0.1) is 0 Å². The second-order valence-electron chi connectivity index (χ2n) is 5.56.